The Balaban J connectivity index is 1.67. The Morgan fingerprint density at radius 2 is 1.93 bits per heavy atom. The highest BCUT2D eigenvalue weighted by Crippen LogP contribution is 2.45. The first-order valence-electron chi connectivity index (χ1n) is 13.1. The molecule has 2 atom stereocenters. The van der Waals surface area contributed by atoms with Crippen molar-refractivity contribution in [1.29, 1.82) is 0 Å². The number of alkyl halides is 6. The first-order valence-corrected chi connectivity index (χ1v) is 13.1. The highest BCUT2D eigenvalue weighted by Gasteiger charge is 2.61. The highest BCUT2D eigenvalue weighted by atomic mass is 19.4. The van der Waals surface area contributed by atoms with Gasteiger partial charge in [-0.3, -0.25) is 4.40 Å². The summed E-state index contributed by atoms with van der Waals surface area (Å²) in [7, 11) is 3.54. The minimum Gasteiger partial charge on any atom is -0.388 e. The third kappa shape index (κ3) is 6.25. The van der Waals surface area contributed by atoms with E-state index in [2.05, 4.69) is 39.4 Å². The molecule has 2 unspecified atom stereocenters. The second-order valence-corrected chi connectivity index (χ2v) is 9.92. The van der Waals surface area contributed by atoms with Crippen LogP contribution in [0.25, 0.3) is 11.3 Å². The van der Waals surface area contributed by atoms with Gasteiger partial charge in [0.2, 0.25) is 0 Å². The molecule has 1 aliphatic rings. The van der Waals surface area contributed by atoms with E-state index in [0.717, 1.165) is 28.7 Å². The van der Waals surface area contributed by atoms with E-state index in [0.29, 0.717) is 23.8 Å². The maximum absolute atomic E-state index is 14.8. The topological polar surface area (TPSA) is 56.6 Å². The molecule has 0 radical (unpaired) electrons. The molecule has 4 rings (SSSR count). The average Bonchev–Trinajstić information content (AvgIpc) is 3.31. The number of fused-ring (bicyclic) bond motifs is 1. The zero-order valence-electron chi connectivity index (χ0n) is 23.0. The molecule has 12 heteroatoms. The molecule has 6 nitrogen and oxygen atoms in total. The monoisotopic (exact) mass is 578 g/mol. The van der Waals surface area contributed by atoms with Gasteiger partial charge in [0.25, 0.3) is 0 Å². The first-order chi connectivity index (χ1) is 19.4. The van der Waals surface area contributed by atoms with Gasteiger partial charge < -0.3 is 20.9 Å². The number of piperidine rings is 1. The molecule has 1 aromatic carbocycles. The van der Waals surface area contributed by atoms with E-state index in [1.165, 1.54) is 12.1 Å². The van der Waals surface area contributed by atoms with Crippen molar-refractivity contribution in [3.8, 4) is 11.8 Å². The molecule has 0 saturated carbocycles. The molecular weight excluding hydrogens is 546 g/mol. The summed E-state index contributed by atoms with van der Waals surface area (Å²) in [5.41, 5.74) is 1.19. The van der Waals surface area contributed by atoms with E-state index in [-0.39, 0.29) is 24.4 Å². The van der Waals surface area contributed by atoms with E-state index in [4.69, 9.17) is 0 Å². The summed E-state index contributed by atoms with van der Waals surface area (Å²) in [5.74, 6) is -0.187. The summed E-state index contributed by atoms with van der Waals surface area (Å²) >= 11 is 0. The van der Waals surface area contributed by atoms with Crippen molar-refractivity contribution in [2.24, 2.45) is 0 Å². The summed E-state index contributed by atoms with van der Waals surface area (Å²) in [6.07, 6.45) is -4.96. The fourth-order valence-electron chi connectivity index (χ4n) is 4.78. The van der Waals surface area contributed by atoms with Gasteiger partial charge in [0.15, 0.2) is 5.65 Å². The number of anilines is 2. The Bertz CT molecular complexity index is 1470. The highest BCUT2D eigenvalue weighted by molar-refractivity contribution is 5.71. The maximum atomic E-state index is 14.8. The second-order valence-electron chi connectivity index (χ2n) is 9.92. The summed E-state index contributed by atoms with van der Waals surface area (Å²) in [4.78, 5) is 5.91. The number of aryl methyl sites for hydroxylation is 1. The molecule has 0 bridgehead atoms. The minimum atomic E-state index is -5.88. The lowest BCUT2D eigenvalue weighted by Gasteiger charge is -2.33. The number of imidazole rings is 1. The van der Waals surface area contributed by atoms with Gasteiger partial charge in [0.1, 0.15) is 17.6 Å². The maximum Gasteiger partial charge on any atom is 0.459 e. The van der Waals surface area contributed by atoms with Crippen LogP contribution in [0.15, 0.2) is 43.1 Å². The molecule has 3 heterocycles. The van der Waals surface area contributed by atoms with Gasteiger partial charge in [-0.2, -0.15) is 22.0 Å². The van der Waals surface area contributed by atoms with E-state index in [9.17, 15) is 26.3 Å². The summed E-state index contributed by atoms with van der Waals surface area (Å²) in [6.45, 7) is 6.64. The van der Waals surface area contributed by atoms with Gasteiger partial charge in [-0.15, -0.1) is 0 Å². The van der Waals surface area contributed by atoms with Crippen molar-refractivity contribution < 1.29 is 26.3 Å². The van der Waals surface area contributed by atoms with Crippen LogP contribution in [0.4, 0.5) is 37.7 Å². The van der Waals surface area contributed by atoms with Gasteiger partial charge in [-0.25, -0.2) is 9.37 Å². The van der Waals surface area contributed by atoms with Crippen LogP contribution in [-0.4, -0.2) is 66.4 Å². The van der Waals surface area contributed by atoms with Crippen molar-refractivity contribution in [1.82, 2.24) is 19.6 Å². The third-order valence-corrected chi connectivity index (χ3v) is 7.10. The number of nitrogens with zero attached hydrogens (tertiary/aromatic N) is 3. The predicted octanol–water partition coefficient (Wildman–Crippen LogP) is 5.66. The predicted molar refractivity (Wildman–Crippen MR) is 149 cm³/mol. The Morgan fingerprint density at radius 3 is 2.59 bits per heavy atom. The zero-order chi connectivity index (χ0) is 29.9. The SMILES string of the molecule is C=C(NC)c1ccc(NCC#Cc2nc3c(NC4CCN(C)CC4F)cccn3c2C(F)(F)C(F)(F)F)c(CC)c1. The van der Waals surface area contributed by atoms with E-state index < -0.39 is 35.7 Å². The number of hydrogen-bond acceptors (Lipinski definition) is 5. The fourth-order valence-corrected chi connectivity index (χ4v) is 4.78. The van der Waals surface area contributed by atoms with Gasteiger partial charge in [-0.05, 0) is 61.2 Å². The lowest BCUT2D eigenvalue weighted by atomic mass is 10.0. The number of likely N-dealkylation sites (tertiary alicyclic amines) is 1. The molecule has 0 amide bonds. The number of rotatable bonds is 8. The smallest absolute Gasteiger partial charge is 0.388 e. The molecular formula is C29H32F6N6. The standard InChI is InChI=1S/C29H32F6N6/c1-5-19-16-20(18(2)36-3)10-11-22(19)37-13-6-8-24-26(28(31,32)29(33,34)35)41-14-7-9-25(27(41)39-24)38-23-12-15-40(4)17-21(23)30/h7,9-11,14,16,21,23,36-38H,2,5,12-13,15,17H2,1,3-4H3. The number of aromatic nitrogens is 2. The van der Waals surface area contributed by atoms with Crippen LogP contribution in [0.2, 0.25) is 0 Å². The number of benzene rings is 1. The van der Waals surface area contributed by atoms with Gasteiger partial charge in [0.05, 0.1) is 18.3 Å². The molecule has 0 aliphatic carbocycles. The Labute approximate surface area is 234 Å². The lowest BCUT2D eigenvalue weighted by Crippen LogP contribution is -2.46. The van der Waals surface area contributed by atoms with Crippen LogP contribution < -0.4 is 16.0 Å². The van der Waals surface area contributed by atoms with Crippen molar-refractivity contribution in [2.75, 3.05) is 44.4 Å². The van der Waals surface area contributed by atoms with Crippen molar-refractivity contribution >= 4 is 22.7 Å². The molecule has 1 saturated heterocycles. The van der Waals surface area contributed by atoms with Crippen molar-refractivity contribution in [2.45, 2.75) is 44.1 Å². The van der Waals surface area contributed by atoms with Crippen molar-refractivity contribution in [3.05, 3.63) is 65.6 Å². The lowest BCUT2D eigenvalue weighted by molar-refractivity contribution is -0.291. The van der Waals surface area contributed by atoms with Crippen LogP contribution in [0.5, 0.6) is 0 Å². The molecule has 1 fully saturated rings. The zero-order valence-corrected chi connectivity index (χ0v) is 23.0. The minimum absolute atomic E-state index is 0.0333. The van der Waals surface area contributed by atoms with Crippen LogP contribution in [0.1, 0.15) is 35.9 Å². The van der Waals surface area contributed by atoms with E-state index >= 15 is 0 Å². The molecule has 1 aliphatic heterocycles. The summed E-state index contributed by atoms with van der Waals surface area (Å²) in [5, 5.41) is 9.03. The Kier molecular flexibility index (Phi) is 8.77. The van der Waals surface area contributed by atoms with Gasteiger partial charge in [-0.1, -0.05) is 25.5 Å². The largest absolute Gasteiger partial charge is 0.459 e. The summed E-state index contributed by atoms with van der Waals surface area (Å²) in [6, 6.07) is 7.75. The fraction of sp³-hybridized carbons (Fsp3) is 0.414. The van der Waals surface area contributed by atoms with Crippen molar-refractivity contribution in [3.63, 3.8) is 0 Å². The number of pyridine rings is 1. The van der Waals surface area contributed by atoms with E-state index in [1.54, 1.807) is 14.1 Å². The number of hydrogen-bond donors (Lipinski definition) is 3. The molecule has 3 N–H and O–H groups in total. The van der Waals surface area contributed by atoms with Gasteiger partial charge >= 0.3 is 12.1 Å². The van der Waals surface area contributed by atoms with Gasteiger partial charge in [0, 0.05) is 37.7 Å². The quantitative estimate of drug-likeness (QED) is 0.238. The molecule has 0 spiro atoms. The normalized spacial score (nSPS) is 18.1. The van der Waals surface area contributed by atoms with Crippen LogP contribution in [0.3, 0.4) is 0 Å². The Hall–Kier alpha value is -3.85. The molecule has 3 aromatic rings. The van der Waals surface area contributed by atoms with Crippen LogP contribution in [0, 0.1) is 11.8 Å². The number of halogens is 6. The average molecular weight is 579 g/mol. The summed E-state index contributed by atoms with van der Waals surface area (Å²) < 4.78 is 85.6. The molecule has 2 aromatic heterocycles. The first kappa shape index (κ1) is 30.1. The number of nitrogens with one attached hydrogen (secondary N) is 3. The Morgan fingerprint density at radius 1 is 1.17 bits per heavy atom. The van der Waals surface area contributed by atoms with Crippen LogP contribution >= 0.6 is 0 Å². The van der Waals surface area contributed by atoms with Crippen LogP contribution in [-0.2, 0) is 12.3 Å². The van der Waals surface area contributed by atoms with E-state index in [1.807, 2.05) is 30.0 Å². The second kappa shape index (κ2) is 11.9. The third-order valence-electron chi connectivity index (χ3n) is 7.10. The molecule has 41 heavy (non-hydrogen) atoms. The molecule has 220 valence electrons.